The lowest BCUT2D eigenvalue weighted by atomic mass is 10.2. The van der Waals surface area contributed by atoms with Gasteiger partial charge >= 0.3 is 0 Å². The van der Waals surface area contributed by atoms with Gasteiger partial charge in [0.1, 0.15) is 11.9 Å². The third-order valence-corrected chi connectivity index (χ3v) is 4.66. The Balaban J connectivity index is 1.64. The Hall–Kier alpha value is -1.37. The van der Waals surface area contributed by atoms with E-state index in [0.29, 0.717) is 31.2 Å². The number of carbonyl (C=O) groups excluding carboxylic acids is 1. The van der Waals surface area contributed by atoms with Gasteiger partial charge in [0.05, 0.1) is 29.6 Å². The standard InChI is InChI=1S/C14H15ClN2O3S/c1-9-6-10(16-20-9)7-14(18)17-4-5-19-11(8-17)12-2-3-13(15)21-12/h2-3,6,11H,4-5,7-8H2,1H3/t11-/m0/s1. The maximum Gasteiger partial charge on any atom is 0.228 e. The van der Waals surface area contributed by atoms with E-state index >= 15 is 0 Å². The number of thiophene rings is 1. The van der Waals surface area contributed by atoms with E-state index < -0.39 is 0 Å². The van der Waals surface area contributed by atoms with Crippen molar-refractivity contribution in [3.05, 3.63) is 38.9 Å². The van der Waals surface area contributed by atoms with Crippen molar-refractivity contribution in [2.45, 2.75) is 19.4 Å². The fourth-order valence-electron chi connectivity index (χ4n) is 2.32. The average Bonchev–Trinajstić information content (AvgIpc) is 3.08. The zero-order chi connectivity index (χ0) is 14.8. The molecule has 0 bridgehead atoms. The van der Waals surface area contributed by atoms with Crippen LogP contribution in [0.3, 0.4) is 0 Å². The van der Waals surface area contributed by atoms with Crippen LogP contribution in [0.2, 0.25) is 4.34 Å². The highest BCUT2D eigenvalue weighted by atomic mass is 35.5. The molecule has 0 aromatic carbocycles. The van der Waals surface area contributed by atoms with Crippen molar-refractivity contribution < 1.29 is 14.1 Å². The van der Waals surface area contributed by atoms with Crippen molar-refractivity contribution in [2.24, 2.45) is 0 Å². The summed E-state index contributed by atoms with van der Waals surface area (Å²) in [6, 6.07) is 5.59. The first-order chi connectivity index (χ1) is 10.1. The van der Waals surface area contributed by atoms with E-state index in [-0.39, 0.29) is 18.4 Å². The molecule has 1 aliphatic rings. The summed E-state index contributed by atoms with van der Waals surface area (Å²) in [6.07, 6.45) is 0.161. The lowest BCUT2D eigenvalue weighted by Crippen LogP contribution is -2.42. The molecule has 1 amide bonds. The third-order valence-electron chi connectivity index (χ3n) is 3.34. The zero-order valence-corrected chi connectivity index (χ0v) is 13.1. The summed E-state index contributed by atoms with van der Waals surface area (Å²) in [4.78, 5) is 15.2. The lowest BCUT2D eigenvalue weighted by Gasteiger charge is -2.32. The van der Waals surface area contributed by atoms with E-state index in [1.54, 1.807) is 6.07 Å². The van der Waals surface area contributed by atoms with Crippen LogP contribution >= 0.6 is 22.9 Å². The number of aromatic nitrogens is 1. The van der Waals surface area contributed by atoms with Gasteiger partial charge in [0.2, 0.25) is 5.91 Å². The van der Waals surface area contributed by atoms with Crippen LogP contribution in [0.15, 0.2) is 22.7 Å². The fourth-order valence-corrected chi connectivity index (χ4v) is 3.42. The smallest absolute Gasteiger partial charge is 0.228 e. The van der Waals surface area contributed by atoms with Crippen molar-refractivity contribution in [3.8, 4) is 0 Å². The van der Waals surface area contributed by atoms with Crippen molar-refractivity contribution in [2.75, 3.05) is 19.7 Å². The van der Waals surface area contributed by atoms with Crippen LogP contribution in [0.4, 0.5) is 0 Å². The minimum Gasteiger partial charge on any atom is -0.369 e. The minimum atomic E-state index is -0.0979. The van der Waals surface area contributed by atoms with Gasteiger partial charge in [0.15, 0.2) is 0 Å². The fraction of sp³-hybridized carbons (Fsp3) is 0.429. The number of amides is 1. The normalized spacial score (nSPS) is 19.0. The predicted octanol–water partition coefficient (Wildman–Crippen LogP) is 2.84. The Labute approximate surface area is 131 Å². The molecule has 3 rings (SSSR count). The lowest BCUT2D eigenvalue weighted by molar-refractivity contribution is -0.138. The Morgan fingerprint density at radius 3 is 3.10 bits per heavy atom. The number of ether oxygens (including phenoxy) is 1. The van der Waals surface area contributed by atoms with Crippen LogP contribution in [-0.2, 0) is 16.0 Å². The van der Waals surface area contributed by atoms with Gasteiger partial charge in [-0.3, -0.25) is 4.79 Å². The Morgan fingerprint density at radius 1 is 1.57 bits per heavy atom. The highest BCUT2D eigenvalue weighted by molar-refractivity contribution is 7.16. The largest absolute Gasteiger partial charge is 0.369 e. The second kappa shape index (κ2) is 6.17. The molecule has 0 aliphatic carbocycles. The molecule has 3 heterocycles. The molecule has 5 nitrogen and oxygen atoms in total. The quantitative estimate of drug-likeness (QED) is 0.870. The maximum atomic E-state index is 12.3. The molecule has 0 saturated carbocycles. The molecular formula is C14H15ClN2O3S. The van der Waals surface area contributed by atoms with E-state index in [4.69, 9.17) is 20.9 Å². The van der Waals surface area contributed by atoms with E-state index in [9.17, 15) is 4.79 Å². The number of hydrogen-bond acceptors (Lipinski definition) is 5. The van der Waals surface area contributed by atoms with Crippen LogP contribution in [0, 0.1) is 6.92 Å². The molecule has 1 saturated heterocycles. The molecular weight excluding hydrogens is 312 g/mol. The highest BCUT2D eigenvalue weighted by Gasteiger charge is 2.26. The third kappa shape index (κ3) is 3.45. The SMILES string of the molecule is Cc1cc(CC(=O)N2CCO[C@H](c3ccc(Cl)s3)C2)no1. The van der Waals surface area contributed by atoms with Crippen LogP contribution < -0.4 is 0 Å². The monoisotopic (exact) mass is 326 g/mol. The first-order valence-corrected chi connectivity index (χ1v) is 7.88. The summed E-state index contributed by atoms with van der Waals surface area (Å²) in [6.45, 7) is 3.49. The van der Waals surface area contributed by atoms with Gasteiger partial charge < -0.3 is 14.2 Å². The second-order valence-corrected chi connectivity index (χ2v) is 6.69. The summed E-state index contributed by atoms with van der Waals surface area (Å²) >= 11 is 7.44. The van der Waals surface area contributed by atoms with Crippen LogP contribution in [0.1, 0.15) is 22.4 Å². The van der Waals surface area contributed by atoms with Crippen molar-refractivity contribution in [3.63, 3.8) is 0 Å². The molecule has 0 radical (unpaired) electrons. The van der Waals surface area contributed by atoms with Crippen LogP contribution in [0.5, 0.6) is 0 Å². The molecule has 21 heavy (non-hydrogen) atoms. The predicted molar refractivity (Wildman–Crippen MR) is 79.5 cm³/mol. The van der Waals surface area contributed by atoms with Gasteiger partial charge in [0.25, 0.3) is 0 Å². The van der Waals surface area contributed by atoms with Crippen molar-refractivity contribution in [1.82, 2.24) is 10.1 Å². The van der Waals surface area contributed by atoms with Crippen LogP contribution in [0.25, 0.3) is 0 Å². The molecule has 0 N–H and O–H groups in total. The minimum absolute atomic E-state index is 0.0410. The number of nitrogens with zero attached hydrogens (tertiary/aromatic N) is 2. The second-order valence-electron chi connectivity index (χ2n) is 4.95. The number of hydrogen-bond donors (Lipinski definition) is 0. The molecule has 1 atom stereocenters. The van der Waals surface area contributed by atoms with Crippen molar-refractivity contribution in [1.29, 1.82) is 0 Å². The van der Waals surface area contributed by atoms with Gasteiger partial charge in [0, 0.05) is 17.5 Å². The van der Waals surface area contributed by atoms with Crippen LogP contribution in [-0.4, -0.2) is 35.7 Å². The molecule has 112 valence electrons. The Morgan fingerprint density at radius 2 is 2.43 bits per heavy atom. The Kier molecular flexibility index (Phi) is 4.28. The molecule has 0 unspecified atom stereocenters. The average molecular weight is 327 g/mol. The van der Waals surface area contributed by atoms with E-state index in [1.807, 2.05) is 24.0 Å². The number of morpholine rings is 1. The van der Waals surface area contributed by atoms with Gasteiger partial charge in [-0.05, 0) is 19.1 Å². The maximum absolute atomic E-state index is 12.3. The topological polar surface area (TPSA) is 55.6 Å². The first kappa shape index (κ1) is 14.6. The zero-order valence-electron chi connectivity index (χ0n) is 11.5. The van der Waals surface area contributed by atoms with E-state index in [0.717, 1.165) is 9.21 Å². The first-order valence-electron chi connectivity index (χ1n) is 6.68. The summed E-state index contributed by atoms with van der Waals surface area (Å²) in [5, 5.41) is 3.86. The number of halogens is 1. The molecule has 2 aromatic rings. The summed E-state index contributed by atoms with van der Waals surface area (Å²) in [7, 11) is 0. The molecule has 7 heteroatoms. The van der Waals surface area contributed by atoms with Gasteiger partial charge in [-0.25, -0.2) is 0 Å². The molecule has 2 aromatic heterocycles. The molecule has 0 spiro atoms. The Bertz CT molecular complexity index is 640. The van der Waals surface area contributed by atoms with Gasteiger partial charge in [-0.15, -0.1) is 11.3 Å². The number of carbonyl (C=O) groups is 1. The molecule has 1 aliphatic heterocycles. The summed E-state index contributed by atoms with van der Waals surface area (Å²) in [5.41, 5.74) is 0.666. The number of aryl methyl sites for hydroxylation is 1. The highest BCUT2D eigenvalue weighted by Crippen LogP contribution is 2.31. The molecule has 1 fully saturated rings. The number of rotatable bonds is 3. The van der Waals surface area contributed by atoms with Gasteiger partial charge in [-0.2, -0.15) is 0 Å². The van der Waals surface area contributed by atoms with E-state index in [2.05, 4.69) is 5.16 Å². The van der Waals surface area contributed by atoms with Gasteiger partial charge in [-0.1, -0.05) is 16.8 Å². The summed E-state index contributed by atoms with van der Waals surface area (Å²) < 4.78 is 11.5. The van der Waals surface area contributed by atoms with Crippen molar-refractivity contribution >= 4 is 28.8 Å². The van der Waals surface area contributed by atoms with E-state index in [1.165, 1.54) is 11.3 Å². The summed E-state index contributed by atoms with van der Waals surface area (Å²) in [5.74, 6) is 0.755.